The fourth-order valence-electron chi connectivity index (χ4n) is 2.39. The van der Waals surface area contributed by atoms with Gasteiger partial charge < -0.3 is 0 Å². The van der Waals surface area contributed by atoms with Crippen molar-refractivity contribution in [3.8, 4) is 0 Å². The first-order valence-electron chi connectivity index (χ1n) is 6.37. The van der Waals surface area contributed by atoms with E-state index in [9.17, 15) is 0 Å². The quantitative estimate of drug-likeness (QED) is 0.769. The molecular weight excluding hydrogens is 220 g/mol. The molecule has 0 aliphatic carbocycles. The van der Waals surface area contributed by atoms with Gasteiger partial charge >= 0.3 is 0 Å². The van der Waals surface area contributed by atoms with Crippen LogP contribution in [0.25, 0.3) is 0 Å². The van der Waals surface area contributed by atoms with Crippen molar-refractivity contribution in [3.05, 3.63) is 66.2 Å². The molecule has 90 valence electrons. The Morgan fingerprint density at radius 2 is 1.56 bits per heavy atom. The summed E-state index contributed by atoms with van der Waals surface area (Å²) in [6.07, 6.45) is 4.16. The Hall–Kier alpha value is -2.09. The topological polar surface area (TPSA) is 15.6 Å². The van der Waals surface area contributed by atoms with Gasteiger partial charge in [0.15, 0.2) is 0 Å². The van der Waals surface area contributed by atoms with Gasteiger partial charge in [0.05, 0.1) is 11.7 Å². The molecule has 1 heterocycles. The van der Waals surface area contributed by atoms with Crippen molar-refractivity contribution in [1.29, 1.82) is 0 Å². The summed E-state index contributed by atoms with van der Waals surface area (Å²) in [5, 5.41) is 6.69. The van der Waals surface area contributed by atoms with Gasteiger partial charge in [-0.25, -0.2) is 0 Å². The number of benzene rings is 2. The van der Waals surface area contributed by atoms with Crippen LogP contribution < -0.4 is 5.01 Å². The number of nitrogens with zero attached hydrogens (tertiary/aromatic N) is 2. The number of para-hydroxylation sites is 1. The van der Waals surface area contributed by atoms with E-state index in [4.69, 9.17) is 0 Å². The highest BCUT2D eigenvalue weighted by Crippen LogP contribution is 2.32. The van der Waals surface area contributed by atoms with E-state index < -0.39 is 0 Å². The smallest absolute Gasteiger partial charge is 0.0778 e. The fourth-order valence-corrected chi connectivity index (χ4v) is 2.39. The number of hydrogen-bond acceptors (Lipinski definition) is 2. The van der Waals surface area contributed by atoms with E-state index in [1.165, 1.54) is 5.56 Å². The van der Waals surface area contributed by atoms with Crippen molar-refractivity contribution in [2.24, 2.45) is 5.10 Å². The highest BCUT2D eigenvalue weighted by atomic mass is 15.5. The molecule has 0 radical (unpaired) electrons. The SMILES string of the molecule is C1=NN(c2ccccc2)C(c2ccccc2)CC1. The standard InChI is InChI=1S/C16H16N2/c1-3-8-14(9-4-1)16-12-7-13-17-18(16)15-10-5-2-6-11-15/h1-6,8-11,13,16H,7,12H2. The molecule has 2 heteroatoms. The van der Waals surface area contributed by atoms with Gasteiger partial charge in [-0.15, -0.1) is 0 Å². The van der Waals surface area contributed by atoms with Crippen LogP contribution in [0.3, 0.4) is 0 Å². The number of hydrogen-bond donors (Lipinski definition) is 0. The molecule has 0 amide bonds. The Morgan fingerprint density at radius 1 is 0.889 bits per heavy atom. The monoisotopic (exact) mass is 236 g/mol. The molecule has 0 bridgehead atoms. The van der Waals surface area contributed by atoms with Gasteiger partial charge in [0, 0.05) is 6.21 Å². The molecule has 0 fully saturated rings. The summed E-state index contributed by atoms with van der Waals surface area (Å²) >= 11 is 0. The Kier molecular flexibility index (Phi) is 3.09. The number of hydrazone groups is 1. The minimum Gasteiger partial charge on any atom is -0.258 e. The molecule has 0 spiro atoms. The van der Waals surface area contributed by atoms with Crippen molar-refractivity contribution in [2.45, 2.75) is 18.9 Å². The van der Waals surface area contributed by atoms with Gasteiger partial charge in [0.2, 0.25) is 0 Å². The molecule has 2 nitrogen and oxygen atoms in total. The first-order valence-corrected chi connectivity index (χ1v) is 6.37. The summed E-state index contributed by atoms with van der Waals surface area (Å²) in [7, 11) is 0. The van der Waals surface area contributed by atoms with Crippen molar-refractivity contribution in [1.82, 2.24) is 0 Å². The summed E-state index contributed by atoms with van der Waals surface area (Å²) in [5.74, 6) is 0. The van der Waals surface area contributed by atoms with E-state index in [-0.39, 0.29) is 0 Å². The highest BCUT2D eigenvalue weighted by molar-refractivity contribution is 5.63. The Morgan fingerprint density at radius 3 is 2.28 bits per heavy atom. The molecule has 0 aromatic heterocycles. The molecule has 18 heavy (non-hydrogen) atoms. The average Bonchev–Trinajstić information content (AvgIpc) is 2.49. The molecule has 0 N–H and O–H groups in total. The lowest BCUT2D eigenvalue weighted by molar-refractivity contribution is 0.584. The molecule has 0 saturated carbocycles. The summed E-state index contributed by atoms with van der Waals surface area (Å²) in [4.78, 5) is 0. The van der Waals surface area contributed by atoms with Crippen LogP contribution in [0.1, 0.15) is 24.4 Å². The third kappa shape index (κ3) is 2.14. The van der Waals surface area contributed by atoms with Gasteiger partial charge in [-0.05, 0) is 30.5 Å². The van der Waals surface area contributed by atoms with E-state index in [2.05, 4.69) is 64.7 Å². The van der Waals surface area contributed by atoms with Crippen molar-refractivity contribution < 1.29 is 0 Å². The third-order valence-electron chi connectivity index (χ3n) is 3.28. The summed E-state index contributed by atoms with van der Waals surface area (Å²) in [6.45, 7) is 0. The lowest BCUT2D eigenvalue weighted by atomic mass is 10.00. The second-order valence-corrected chi connectivity index (χ2v) is 4.48. The number of anilines is 1. The minimum absolute atomic E-state index is 0.346. The van der Waals surface area contributed by atoms with Crippen LogP contribution in [0, 0.1) is 0 Å². The van der Waals surface area contributed by atoms with Crippen molar-refractivity contribution in [2.75, 3.05) is 5.01 Å². The second kappa shape index (κ2) is 5.05. The summed E-state index contributed by atoms with van der Waals surface area (Å²) in [6, 6.07) is 21.3. The molecule has 1 unspecified atom stereocenters. The Labute approximate surface area is 108 Å². The molecule has 1 atom stereocenters. The zero-order valence-electron chi connectivity index (χ0n) is 10.2. The lowest BCUT2D eigenvalue weighted by Gasteiger charge is -2.32. The van der Waals surface area contributed by atoms with Crippen LogP contribution in [-0.2, 0) is 0 Å². The molecular formula is C16H16N2. The predicted molar refractivity (Wildman–Crippen MR) is 75.8 cm³/mol. The average molecular weight is 236 g/mol. The predicted octanol–water partition coefficient (Wildman–Crippen LogP) is 4.01. The minimum atomic E-state index is 0.346. The summed E-state index contributed by atoms with van der Waals surface area (Å²) < 4.78 is 0. The molecule has 1 aliphatic heterocycles. The van der Waals surface area contributed by atoms with Crippen molar-refractivity contribution in [3.63, 3.8) is 0 Å². The molecule has 1 aliphatic rings. The largest absolute Gasteiger partial charge is 0.258 e. The first kappa shape index (κ1) is 11.0. The molecule has 2 aromatic rings. The van der Waals surface area contributed by atoms with Crippen LogP contribution in [0.15, 0.2) is 65.8 Å². The maximum Gasteiger partial charge on any atom is 0.0778 e. The van der Waals surface area contributed by atoms with Gasteiger partial charge in [-0.2, -0.15) is 5.10 Å². The van der Waals surface area contributed by atoms with Crippen LogP contribution in [0.4, 0.5) is 5.69 Å². The first-order chi connectivity index (χ1) is 8.95. The van der Waals surface area contributed by atoms with Gasteiger partial charge in [0.25, 0.3) is 0 Å². The number of rotatable bonds is 2. The van der Waals surface area contributed by atoms with Crippen LogP contribution >= 0.6 is 0 Å². The van der Waals surface area contributed by atoms with Crippen LogP contribution in [-0.4, -0.2) is 6.21 Å². The Bertz CT molecular complexity index is 519. The zero-order chi connectivity index (χ0) is 12.2. The molecule has 2 aromatic carbocycles. The fraction of sp³-hybridized carbons (Fsp3) is 0.188. The lowest BCUT2D eigenvalue weighted by Crippen LogP contribution is -2.26. The van der Waals surface area contributed by atoms with E-state index in [0.717, 1.165) is 18.5 Å². The maximum atomic E-state index is 4.57. The molecule has 3 rings (SSSR count). The van der Waals surface area contributed by atoms with E-state index in [0.29, 0.717) is 6.04 Å². The van der Waals surface area contributed by atoms with Gasteiger partial charge in [-0.3, -0.25) is 5.01 Å². The third-order valence-corrected chi connectivity index (χ3v) is 3.28. The maximum absolute atomic E-state index is 4.57. The van der Waals surface area contributed by atoms with Crippen LogP contribution in [0.2, 0.25) is 0 Å². The zero-order valence-corrected chi connectivity index (χ0v) is 10.2. The van der Waals surface area contributed by atoms with Gasteiger partial charge in [0.1, 0.15) is 0 Å². The highest BCUT2D eigenvalue weighted by Gasteiger charge is 2.22. The Balaban J connectivity index is 1.96. The normalized spacial score (nSPS) is 18.9. The van der Waals surface area contributed by atoms with Crippen molar-refractivity contribution >= 4 is 11.9 Å². The van der Waals surface area contributed by atoms with E-state index in [1.807, 2.05) is 12.3 Å². The van der Waals surface area contributed by atoms with E-state index in [1.54, 1.807) is 0 Å². The molecule has 0 saturated heterocycles. The van der Waals surface area contributed by atoms with Crippen LogP contribution in [0.5, 0.6) is 0 Å². The second-order valence-electron chi connectivity index (χ2n) is 4.48. The van der Waals surface area contributed by atoms with E-state index >= 15 is 0 Å². The summed E-state index contributed by atoms with van der Waals surface area (Å²) in [5.41, 5.74) is 2.49. The van der Waals surface area contributed by atoms with Gasteiger partial charge in [-0.1, -0.05) is 48.5 Å².